The number of aromatic nitrogens is 1. The Kier molecular flexibility index (Phi) is 7.19. The Bertz CT molecular complexity index is 652. The summed E-state index contributed by atoms with van der Waals surface area (Å²) in [5.41, 5.74) is 7.05. The number of aryl methyl sites for hydroxylation is 1. The largest absolute Gasteiger partial charge is 0.441 e. The van der Waals surface area contributed by atoms with Crippen molar-refractivity contribution in [2.45, 2.75) is 45.6 Å². The molecule has 0 saturated heterocycles. The molecular weight excluding hydrogens is 314 g/mol. The van der Waals surface area contributed by atoms with Gasteiger partial charge in [-0.3, -0.25) is 4.79 Å². The highest BCUT2D eigenvalue weighted by Crippen LogP contribution is 2.20. The number of oxazole rings is 1. The number of amides is 1. The zero-order valence-electron chi connectivity index (χ0n) is 15.4. The van der Waals surface area contributed by atoms with Gasteiger partial charge in [0.15, 0.2) is 11.7 Å². The topological polar surface area (TPSA) is 72.4 Å². The zero-order valence-corrected chi connectivity index (χ0v) is 15.4. The fourth-order valence-corrected chi connectivity index (χ4v) is 2.54. The lowest BCUT2D eigenvalue weighted by atomic mass is 10.0. The van der Waals surface area contributed by atoms with Crippen LogP contribution in [-0.2, 0) is 11.2 Å². The van der Waals surface area contributed by atoms with Crippen LogP contribution in [0.15, 0.2) is 40.9 Å². The third-order valence-electron chi connectivity index (χ3n) is 4.47. The highest BCUT2D eigenvalue weighted by molar-refractivity contribution is 5.75. The van der Waals surface area contributed by atoms with Gasteiger partial charge in [0.1, 0.15) is 0 Å². The minimum atomic E-state index is 0.138. The molecule has 1 atom stereocenters. The molecule has 2 rings (SSSR count). The van der Waals surface area contributed by atoms with Gasteiger partial charge in [-0.15, -0.1) is 0 Å². The molecule has 0 saturated carbocycles. The summed E-state index contributed by atoms with van der Waals surface area (Å²) in [6.07, 6.45) is 4.47. The number of nitrogens with two attached hydrogens (primary N) is 1. The van der Waals surface area contributed by atoms with Gasteiger partial charge in [0.2, 0.25) is 5.91 Å². The van der Waals surface area contributed by atoms with Crippen LogP contribution in [0.3, 0.4) is 0 Å². The third kappa shape index (κ3) is 6.02. The number of hydrogen-bond acceptors (Lipinski definition) is 4. The van der Waals surface area contributed by atoms with Crippen molar-refractivity contribution in [1.82, 2.24) is 9.88 Å². The van der Waals surface area contributed by atoms with Gasteiger partial charge >= 0.3 is 0 Å². The average Bonchev–Trinajstić information content (AvgIpc) is 3.08. The van der Waals surface area contributed by atoms with Gasteiger partial charge in [0.25, 0.3) is 0 Å². The maximum absolute atomic E-state index is 12.2. The van der Waals surface area contributed by atoms with E-state index in [1.807, 2.05) is 37.4 Å². The first-order valence-corrected chi connectivity index (χ1v) is 8.97. The van der Waals surface area contributed by atoms with Crippen molar-refractivity contribution >= 4 is 5.91 Å². The Hall–Kier alpha value is -2.14. The molecule has 25 heavy (non-hydrogen) atoms. The van der Waals surface area contributed by atoms with E-state index < -0.39 is 0 Å². The summed E-state index contributed by atoms with van der Waals surface area (Å²) in [7, 11) is 1.84. The van der Waals surface area contributed by atoms with Crippen LogP contribution in [0.2, 0.25) is 0 Å². The number of benzene rings is 1. The molecular formula is C20H29N3O2. The Balaban J connectivity index is 1.73. The highest BCUT2D eigenvalue weighted by Gasteiger charge is 2.13. The Morgan fingerprint density at radius 2 is 2.00 bits per heavy atom. The molecule has 0 bridgehead atoms. The molecule has 2 aromatic rings. The third-order valence-corrected chi connectivity index (χ3v) is 4.47. The van der Waals surface area contributed by atoms with Gasteiger partial charge in [0.05, 0.1) is 6.20 Å². The summed E-state index contributed by atoms with van der Waals surface area (Å²) in [6, 6.07) is 10.0. The molecule has 5 nitrogen and oxygen atoms in total. The monoisotopic (exact) mass is 343 g/mol. The maximum atomic E-state index is 12.2. The number of carbonyl (C=O) groups excluding carboxylic acids is 1. The molecule has 1 heterocycles. The lowest BCUT2D eigenvalue weighted by Gasteiger charge is -2.21. The van der Waals surface area contributed by atoms with Crippen LogP contribution < -0.4 is 5.73 Å². The number of nitrogens with zero attached hydrogens (tertiary/aromatic N) is 2. The SMILES string of the molecule is CC(C)C(N)CCN(C)C(=O)CCCc1ncc(-c2ccccc2)o1. The fourth-order valence-electron chi connectivity index (χ4n) is 2.54. The maximum Gasteiger partial charge on any atom is 0.222 e. The van der Waals surface area contributed by atoms with Gasteiger partial charge in [-0.25, -0.2) is 4.98 Å². The molecule has 1 amide bonds. The normalized spacial score (nSPS) is 12.4. The van der Waals surface area contributed by atoms with E-state index in [0.717, 1.165) is 24.2 Å². The van der Waals surface area contributed by atoms with Gasteiger partial charge in [-0.05, 0) is 18.8 Å². The van der Waals surface area contributed by atoms with Crippen molar-refractivity contribution in [3.8, 4) is 11.3 Å². The van der Waals surface area contributed by atoms with Crippen LogP contribution in [0, 0.1) is 5.92 Å². The van der Waals surface area contributed by atoms with E-state index >= 15 is 0 Å². The minimum Gasteiger partial charge on any atom is -0.441 e. The second kappa shape index (κ2) is 9.37. The van der Waals surface area contributed by atoms with Gasteiger partial charge < -0.3 is 15.1 Å². The number of rotatable bonds is 9. The van der Waals surface area contributed by atoms with Crippen molar-refractivity contribution < 1.29 is 9.21 Å². The first-order chi connectivity index (χ1) is 12.0. The number of hydrogen-bond donors (Lipinski definition) is 1. The van der Waals surface area contributed by atoms with Crippen LogP contribution in [0.25, 0.3) is 11.3 Å². The van der Waals surface area contributed by atoms with E-state index in [9.17, 15) is 4.79 Å². The Morgan fingerprint density at radius 3 is 2.68 bits per heavy atom. The van der Waals surface area contributed by atoms with E-state index in [0.29, 0.717) is 31.2 Å². The molecule has 1 unspecified atom stereocenters. The van der Waals surface area contributed by atoms with Crippen LogP contribution in [0.4, 0.5) is 0 Å². The van der Waals surface area contributed by atoms with E-state index in [1.54, 1.807) is 11.1 Å². The molecule has 5 heteroatoms. The lowest BCUT2D eigenvalue weighted by molar-refractivity contribution is -0.130. The summed E-state index contributed by atoms with van der Waals surface area (Å²) in [6.45, 7) is 4.91. The second-order valence-corrected chi connectivity index (χ2v) is 6.85. The van der Waals surface area contributed by atoms with Crippen molar-refractivity contribution in [3.05, 3.63) is 42.4 Å². The molecule has 136 valence electrons. The standard InChI is InChI=1S/C20H29N3O2/c1-15(2)17(21)12-13-23(3)20(24)11-7-10-19-22-14-18(25-19)16-8-5-4-6-9-16/h4-6,8-9,14-15,17H,7,10-13,21H2,1-3H3. The van der Waals surface area contributed by atoms with Crippen molar-refractivity contribution in [2.24, 2.45) is 11.7 Å². The van der Waals surface area contributed by atoms with Crippen molar-refractivity contribution in [3.63, 3.8) is 0 Å². The van der Waals surface area contributed by atoms with E-state index in [4.69, 9.17) is 10.2 Å². The van der Waals surface area contributed by atoms with E-state index in [-0.39, 0.29) is 11.9 Å². The summed E-state index contributed by atoms with van der Waals surface area (Å²) < 4.78 is 5.76. The molecule has 0 aliphatic carbocycles. The summed E-state index contributed by atoms with van der Waals surface area (Å²) in [5.74, 6) is 2.02. The zero-order chi connectivity index (χ0) is 18.2. The first kappa shape index (κ1) is 19.2. The molecule has 1 aromatic heterocycles. The highest BCUT2D eigenvalue weighted by atomic mass is 16.4. The molecule has 1 aromatic carbocycles. The van der Waals surface area contributed by atoms with Crippen LogP contribution in [0.1, 0.15) is 39.0 Å². The average molecular weight is 343 g/mol. The van der Waals surface area contributed by atoms with Crippen molar-refractivity contribution in [1.29, 1.82) is 0 Å². The summed E-state index contributed by atoms with van der Waals surface area (Å²) in [4.78, 5) is 18.3. The summed E-state index contributed by atoms with van der Waals surface area (Å²) >= 11 is 0. The smallest absolute Gasteiger partial charge is 0.222 e. The van der Waals surface area contributed by atoms with Gasteiger partial charge in [-0.2, -0.15) is 0 Å². The van der Waals surface area contributed by atoms with Crippen LogP contribution in [0.5, 0.6) is 0 Å². The predicted octanol–water partition coefficient (Wildman–Crippen LogP) is 3.50. The molecule has 0 spiro atoms. The van der Waals surface area contributed by atoms with Crippen molar-refractivity contribution in [2.75, 3.05) is 13.6 Å². The molecule has 0 fully saturated rings. The molecule has 0 aliphatic heterocycles. The first-order valence-electron chi connectivity index (χ1n) is 8.97. The van der Waals surface area contributed by atoms with Gasteiger partial charge in [-0.1, -0.05) is 44.2 Å². The predicted molar refractivity (Wildman–Crippen MR) is 99.9 cm³/mol. The molecule has 2 N–H and O–H groups in total. The van der Waals surface area contributed by atoms with Crippen LogP contribution >= 0.6 is 0 Å². The second-order valence-electron chi connectivity index (χ2n) is 6.85. The van der Waals surface area contributed by atoms with Crippen LogP contribution in [-0.4, -0.2) is 35.4 Å². The summed E-state index contributed by atoms with van der Waals surface area (Å²) in [5, 5.41) is 0. The van der Waals surface area contributed by atoms with Gasteiger partial charge in [0, 0.05) is 38.0 Å². The Labute approximate surface area is 150 Å². The Morgan fingerprint density at radius 1 is 1.28 bits per heavy atom. The minimum absolute atomic E-state index is 0.138. The molecule has 0 radical (unpaired) electrons. The quantitative estimate of drug-likeness (QED) is 0.756. The van der Waals surface area contributed by atoms with E-state index in [1.165, 1.54) is 0 Å². The lowest BCUT2D eigenvalue weighted by Crippen LogP contribution is -2.34. The fraction of sp³-hybridized carbons (Fsp3) is 0.500. The molecule has 0 aliphatic rings. The number of carbonyl (C=O) groups is 1. The van der Waals surface area contributed by atoms with E-state index in [2.05, 4.69) is 18.8 Å².